The SMILES string of the molecule is C/C(=N/NC(=O)CSc1nnc(-c2ccc(Br)cc2)n1C)c1ccc([N+](=O)[O-])cc1. The number of non-ortho nitro benzene ring substituents is 1. The minimum absolute atomic E-state index is 0.00170. The Hall–Kier alpha value is -3.05. The molecule has 30 heavy (non-hydrogen) atoms. The number of nitrogens with zero attached hydrogens (tertiary/aromatic N) is 5. The fourth-order valence-corrected chi connectivity index (χ4v) is 3.46. The molecule has 2 aromatic carbocycles. The van der Waals surface area contributed by atoms with Gasteiger partial charge in [-0.3, -0.25) is 14.9 Å². The van der Waals surface area contributed by atoms with Crippen LogP contribution in [0.4, 0.5) is 5.69 Å². The Morgan fingerprint density at radius 1 is 1.20 bits per heavy atom. The van der Waals surface area contributed by atoms with Crippen LogP contribution in [0, 0.1) is 10.1 Å². The summed E-state index contributed by atoms with van der Waals surface area (Å²) in [5.41, 5.74) is 4.63. The Labute approximate surface area is 184 Å². The molecule has 0 saturated heterocycles. The molecule has 0 saturated carbocycles. The average molecular weight is 489 g/mol. The van der Waals surface area contributed by atoms with Crippen LogP contribution in [0.5, 0.6) is 0 Å². The number of thioether (sulfide) groups is 1. The first-order valence-corrected chi connectivity index (χ1v) is 10.5. The first-order chi connectivity index (χ1) is 14.3. The van der Waals surface area contributed by atoms with E-state index >= 15 is 0 Å². The van der Waals surface area contributed by atoms with Crippen LogP contribution >= 0.6 is 27.7 Å². The Morgan fingerprint density at radius 2 is 1.87 bits per heavy atom. The number of nitro groups is 1. The summed E-state index contributed by atoms with van der Waals surface area (Å²) < 4.78 is 2.80. The minimum atomic E-state index is -0.468. The highest BCUT2D eigenvalue weighted by atomic mass is 79.9. The van der Waals surface area contributed by atoms with Crippen molar-refractivity contribution in [3.8, 4) is 11.4 Å². The van der Waals surface area contributed by atoms with Gasteiger partial charge >= 0.3 is 0 Å². The molecule has 0 spiro atoms. The highest BCUT2D eigenvalue weighted by molar-refractivity contribution is 9.10. The number of carbonyl (C=O) groups excluding carboxylic acids is 1. The second-order valence-electron chi connectivity index (χ2n) is 6.20. The van der Waals surface area contributed by atoms with Crippen LogP contribution in [0.3, 0.4) is 0 Å². The third-order valence-corrected chi connectivity index (χ3v) is 5.66. The van der Waals surface area contributed by atoms with E-state index in [2.05, 4.69) is 36.7 Å². The van der Waals surface area contributed by atoms with Gasteiger partial charge in [-0.1, -0.05) is 39.8 Å². The number of amides is 1. The Bertz CT molecular complexity index is 1100. The summed E-state index contributed by atoms with van der Waals surface area (Å²) in [7, 11) is 1.84. The van der Waals surface area contributed by atoms with E-state index < -0.39 is 4.92 Å². The number of hydrogen-bond donors (Lipinski definition) is 1. The Balaban J connectivity index is 1.57. The summed E-state index contributed by atoms with van der Waals surface area (Å²) >= 11 is 4.65. The molecule has 1 aromatic heterocycles. The standard InChI is InChI=1S/C19H17BrN6O3S/c1-12(13-5-9-16(10-6-13)26(28)29)21-22-17(27)11-30-19-24-23-18(25(19)2)14-3-7-15(20)8-4-14/h3-10H,11H2,1-2H3,(H,22,27)/b21-12-. The van der Waals surface area contributed by atoms with Crippen LogP contribution in [0.1, 0.15) is 12.5 Å². The lowest BCUT2D eigenvalue weighted by Gasteiger charge is -2.05. The average Bonchev–Trinajstić information content (AvgIpc) is 3.11. The number of hydrogen-bond acceptors (Lipinski definition) is 7. The van der Waals surface area contributed by atoms with E-state index in [1.54, 1.807) is 19.1 Å². The van der Waals surface area contributed by atoms with E-state index in [0.29, 0.717) is 22.3 Å². The first kappa shape index (κ1) is 21.7. The summed E-state index contributed by atoms with van der Waals surface area (Å²) in [4.78, 5) is 22.4. The molecule has 0 aliphatic heterocycles. The van der Waals surface area contributed by atoms with Gasteiger partial charge in [0.05, 0.1) is 16.4 Å². The van der Waals surface area contributed by atoms with Gasteiger partial charge in [0, 0.05) is 29.2 Å². The zero-order chi connectivity index (χ0) is 21.7. The molecule has 0 atom stereocenters. The maximum Gasteiger partial charge on any atom is 0.269 e. The fourth-order valence-electron chi connectivity index (χ4n) is 2.49. The van der Waals surface area contributed by atoms with Gasteiger partial charge in [0.25, 0.3) is 11.6 Å². The van der Waals surface area contributed by atoms with Gasteiger partial charge in [0.1, 0.15) is 0 Å². The number of hydrazone groups is 1. The predicted molar refractivity (Wildman–Crippen MR) is 118 cm³/mol. The summed E-state index contributed by atoms with van der Waals surface area (Å²) in [6.45, 7) is 1.71. The molecule has 0 fully saturated rings. The third-order valence-electron chi connectivity index (χ3n) is 4.11. The molecule has 1 heterocycles. The van der Waals surface area contributed by atoms with Gasteiger partial charge < -0.3 is 4.57 Å². The topological polar surface area (TPSA) is 115 Å². The van der Waals surface area contributed by atoms with Crippen molar-refractivity contribution in [1.82, 2.24) is 20.2 Å². The van der Waals surface area contributed by atoms with E-state index in [-0.39, 0.29) is 17.3 Å². The number of nitro benzene ring substituents is 1. The lowest BCUT2D eigenvalue weighted by atomic mass is 10.1. The van der Waals surface area contributed by atoms with E-state index in [1.165, 1.54) is 23.9 Å². The summed E-state index contributed by atoms with van der Waals surface area (Å²) in [5, 5.41) is 23.7. The van der Waals surface area contributed by atoms with Gasteiger partial charge in [-0.05, 0) is 36.8 Å². The van der Waals surface area contributed by atoms with Crippen molar-refractivity contribution in [3.63, 3.8) is 0 Å². The van der Waals surface area contributed by atoms with E-state index in [1.807, 2.05) is 35.9 Å². The van der Waals surface area contributed by atoms with Crippen molar-refractivity contribution in [2.45, 2.75) is 12.1 Å². The zero-order valence-electron chi connectivity index (χ0n) is 16.1. The molecule has 0 radical (unpaired) electrons. The second-order valence-corrected chi connectivity index (χ2v) is 8.06. The molecule has 0 aliphatic rings. The van der Waals surface area contributed by atoms with Gasteiger partial charge in [0.2, 0.25) is 0 Å². The summed E-state index contributed by atoms with van der Waals surface area (Å²) in [6.07, 6.45) is 0. The molecular formula is C19H17BrN6O3S. The predicted octanol–water partition coefficient (Wildman–Crippen LogP) is 3.79. The number of nitrogens with one attached hydrogen (secondary N) is 1. The second kappa shape index (κ2) is 9.63. The van der Waals surface area contributed by atoms with E-state index in [9.17, 15) is 14.9 Å². The van der Waals surface area contributed by atoms with E-state index in [4.69, 9.17) is 0 Å². The largest absolute Gasteiger partial charge is 0.305 e. The van der Waals surface area contributed by atoms with Crippen LogP contribution in [-0.4, -0.2) is 37.1 Å². The van der Waals surface area contributed by atoms with Crippen LogP contribution in [0.2, 0.25) is 0 Å². The van der Waals surface area contributed by atoms with E-state index in [0.717, 1.165) is 10.0 Å². The van der Waals surface area contributed by atoms with Crippen molar-refractivity contribution >= 4 is 45.0 Å². The maximum absolute atomic E-state index is 12.1. The fraction of sp³-hybridized carbons (Fsp3) is 0.158. The molecule has 154 valence electrons. The number of halogens is 1. The molecular weight excluding hydrogens is 472 g/mol. The van der Waals surface area contributed by atoms with Crippen molar-refractivity contribution in [3.05, 3.63) is 68.7 Å². The number of carbonyl (C=O) groups is 1. The smallest absolute Gasteiger partial charge is 0.269 e. The van der Waals surface area contributed by atoms with Gasteiger partial charge in [-0.2, -0.15) is 5.10 Å². The molecule has 0 unspecified atom stereocenters. The van der Waals surface area contributed by atoms with Crippen LogP contribution in [0.15, 0.2) is 63.3 Å². The van der Waals surface area contributed by atoms with Crippen LogP contribution < -0.4 is 5.43 Å². The molecule has 1 amide bonds. The molecule has 3 aromatic rings. The van der Waals surface area contributed by atoms with Crippen molar-refractivity contribution in [2.75, 3.05) is 5.75 Å². The van der Waals surface area contributed by atoms with Gasteiger partial charge in [-0.15, -0.1) is 10.2 Å². The summed E-state index contributed by atoms with van der Waals surface area (Å²) in [6, 6.07) is 13.7. The molecule has 0 bridgehead atoms. The summed E-state index contributed by atoms with van der Waals surface area (Å²) in [5.74, 6) is 0.524. The number of rotatable bonds is 7. The lowest BCUT2D eigenvalue weighted by Crippen LogP contribution is -2.21. The monoisotopic (exact) mass is 488 g/mol. The number of benzene rings is 2. The maximum atomic E-state index is 12.1. The number of aromatic nitrogens is 3. The van der Waals surface area contributed by atoms with Crippen molar-refractivity contribution < 1.29 is 9.72 Å². The Morgan fingerprint density at radius 3 is 2.50 bits per heavy atom. The van der Waals surface area contributed by atoms with Crippen LogP contribution in [-0.2, 0) is 11.8 Å². The molecule has 9 nitrogen and oxygen atoms in total. The van der Waals surface area contributed by atoms with Crippen LogP contribution in [0.25, 0.3) is 11.4 Å². The van der Waals surface area contributed by atoms with Gasteiger partial charge in [-0.25, -0.2) is 5.43 Å². The normalized spacial score (nSPS) is 11.4. The lowest BCUT2D eigenvalue weighted by molar-refractivity contribution is -0.384. The van der Waals surface area contributed by atoms with Crippen molar-refractivity contribution in [1.29, 1.82) is 0 Å². The molecule has 3 rings (SSSR count). The zero-order valence-corrected chi connectivity index (χ0v) is 18.5. The van der Waals surface area contributed by atoms with Crippen molar-refractivity contribution in [2.24, 2.45) is 12.1 Å². The minimum Gasteiger partial charge on any atom is -0.305 e. The quantitative estimate of drug-likeness (QED) is 0.234. The highest BCUT2D eigenvalue weighted by Crippen LogP contribution is 2.23. The van der Waals surface area contributed by atoms with Gasteiger partial charge in [0.15, 0.2) is 11.0 Å². The molecule has 0 aliphatic carbocycles. The first-order valence-electron chi connectivity index (χ1n) is 8.71. The molecule has 1 N–H and O–H groups in total. The highest BCUT2D eigenvalue weighted by Gasteiger charge is 2.13. The Kier molecular flexibility index (Phi) is 6.95. The third kappa shape index (κ3) is 5.30. The molecule has 11 heteroatoms.